The molecule has 118 valence electrons. The summed E-state index contributed by atoms with van der Waals surface area (Å²) in [5.74, 6) is 0. The third-order valence-electron chi connectivity index (χ3n) is 3.98. The van der Waals surface area contributed by atoms with Crippen molar-refractivity contribution in [2.75, 3.05) is 5.73 Å². The van der Waals surface area contributed by atoms with E-state index < -0.39 is 14.9 Å². The molecule has 1 saturated carbocycles. The molecular weight excluding hydrogens is 314 g/mol. The second-order valence-corrected chi connectivity index (χ2v) is 9.00. The zero-order valence-corrected chi connectivity index (χ0v) is 13.6. The first-order valence-electron chi connectivity index (χ1n) is 6.69. The van der Waals surface area contributed by atoms with Gasteiger partial charge in [-0.1, -0.05) is 38.0 Å². The summed E-state index contributed by atoms with van der Waals surface area (Å²) in [5, 5.41) is 10.7. The Morgan fingerprint density at radius 3 is 2.67 bits per heavy atom. The topological polar surface area (TPSA) is 115 Å². The Kier molecular flexibility index (Phi) is 4.27. The van der Waals surface area contributed by atoms with Gasteiger partial charge in [0.2, 0.25) is 0 Å². The van der Waals surface area contributed by atoms with Crippen molar-refractivity contribution in [3.8, 4) is 0 Å². The van der Waals surface area contributed by atoms with Gasteiger partial charge in [0.1, 0.15) is 4.21 Å². The normalized spacial score (nSPS) is 22.1. The average molecular weight is 333 g/mol. The van der Waals surface area contributed by atoms with Gasteiger partial charge in [-0.15, -0.1) is 0 Å². The van der Waals surface area contributed by atoms with Crippen molar-refractivity contribution >= 4 is 32.0 Å². The second kappa shape index (κ2) is 5.54. The summed E-state index contributed by atoms with van der Waals surface area (Å²) >= 11 is 0.724. The molecule has 0 aliphatic heterocycles. The minimum atomic E-state index is -3.78. The van der Waals surface area contributed by atoms with Crippen LogP contribution in [0.25, 0.3) is 0 Å². The first-order valence-corrected chi connectivity index (χ1v) is 8.99. The van der Waals surface area contributed by atoms with Crippen molar-refractivity contribution in [2.45, 2.75) is 49.8 Å². The van der Waals surface area contributed by atoms with Gasteiger partial charge in [-0.25, -0.2) is 13.1 Å². The fourth-order valence-corrected chi connectivity index (χ4v) is 5.28. The number of nitrogens with one attached hydrogen (secondary N) is 1. The molecule has 1 aromatic rings. The van der Waals surface area contributed by atoms with Crippen LogP contribution in [-0.2, 0) is 10.0 Å². The lowest BCUT2D eigenvalue weighted by atomic mass is 9.74. The highest BCUT2D eigenvalue weighted by Crippen LogP contribution is 2.38. The molecule has 0 amide bonds. The number of nitrogens with two attached hydrogens (primary N) is 1. The first-order chi connectivity index (χ1) is 9.63. The first kappa shape index (κ1) is 16.2. The van der Waals surface area contributed by atoms with Gasteiger partial charge in [-0.3, -0.25) is 10.1 Å². The Balaban J connectivity index is 2.26. The quantitative estimate of drug-likeness (QED) is 0.648. The summed E-state index contributed by atoms with van der Waals surface area (Å²) in [6.07, 6.45) is 3.79. The Labute approximate surface area is 127 Å². The van der Waals surface area contributed by atoms with Crippen LogP contribution in [0, 0.1) is 15.5 Å². The van der Waals surface area contributed by atoms with E-state index in [1.54, 1.807) is 0 Å². The molecule has 1 aliphatic rings. The predicted octanol–water partition coefficient (Wildman–Crippen LogP) is 2.49. The Morgan fingerprint density at radius 2 is 2.14 bits per heavy atom. The van der Waals surface area contributed by atoms with Gasteiger partial charge in [0.25, 0.3) is 10.0 Å². The van der Waals surface area contributed by atoms with Crippen LogP contribution in [0.5, 0.6) is 0 Å². The molecule has 0 bridgehead atoms. The van der Waals surface area contributed by atoms with Gasteiger partial charge in [-0.05, 0) is 18.3 Å². The third kappa shape index (κ3) is 3.35. The zero-order valence-electron chi connectivity index (χ0n) is 12.0. The highest BCUT2D eigenvalue weighted by atomic mass is 32.2. The molecule has 1 heterocycles. The highest BCUT2D eigenvalue weighted by Gasteiger charge is 2.36. The lowest BCUT2D eigenvalue weighted by Gasteiger charge is -2.38. The van der Waals surface area contributed by atoms with E-state index in [1.807, 2.05) is 13.8 Å². The zero-order chi connectivity index (χ0) is 15.8. The summed E-state index contributed by atoms with van der Waals surface area (Å²) in [5.41, 5.74) is 5.03. The van der Waals surface area contributed by atoms with Crippen LogP contribution >= 0.6 is 11.3 Å². The van der Waals surface area contributed by atoms with E-state index >= 15 is 0 Å². The van der Waals surface area contributed by atoms with Gasteiger partial charge < -0.3 is 5.73 Å². The van der Waals surface area contributed by atoms with Gasteiger partial charge in [-0.2, -0.15) is 0 Å². The summed E-state index contributed by atoms with van der Waals surface area (Å²) < 4.78 is 27.4. The van der Waals surface area contributed by atoms with E-state index in [9.17, 15) is 18.5 Å². The maximum atomic E-state index is 12.4. The Bertz CT molecular complexity index is 651. The van der Waals surface area contributed by atoms with Crippen LogP contribution in [0.4, 0.5) is 10.7 Å². The number of thiophene rings is 1. The number of nitro groups is 1. The van der Waals surface area contributed by atoms with E-state index in [-0.39, 0.29) is 26.4 Å². The summed E-state index contributed by atoms with van der Waals surface area (Å²) in [4.78, 5) is 10.1. The molecule has 1 aliphatic carbocycles. The average Bonchev–Trinajstić information content (AvgIpc) is 2.75. The largest absolute Gasteiger partial charge is 0.385 e. The molecule has 0 spiro atoms. The number of nitrogen functional groups attached to an aromatic ring is 1. The molecule has 3 N–H and O–H groups in total. The summed E-state index contributed by atoms with van der Waals surface area (Å²) in [6, 6.07) is 0.858. The minimum Gasteiger partial charge on any atom is -0.385 e. The Hall–Kier alpha value is -1.19. The van der Waals surface area contributed by atoms with Gasteiger partial charge in [0, 0.05) is 12.1 Å². The number of nitrogens with zero attached hydrogens (tertiary/aromatic N) is 1. The fraction of sp³-hybridized carbons (Fsp3) is 0.667. The van der Waals surface area contributed by atoms with Gasteiger partial charge >= 0.3 is 5.69 Å². The summed E-state index contributed by atoms with van der Waals surface area (Å²) in [7, 11) is -3.78. The molecule has 21 heavy (non-hydrogen) atoms. The van der Waals surface area contributed by atoms with E-state index in [1.165, 1.54) is 0 Å². The van der Waals surface area contributed by atoms with E-state index in [4.69, 9.17) is 5.73 Å². The maximum Gasteiger partial charge on any atom is 0.304 e. The van der Waals surface area contributed by atoms with Crippen molar-refractivity contribution in [3.05, 3.63) is 16.2 Å². The minimum absolute atomic E-state index is 0.0942. The molecule has 2 rings (SSSR count). The SMILES string of the molecule is CC1(C)CCCCC1NS(=O)(=O)c1cc([N+](=O)[O-])c(N)s1. The van der Waals surface area contributed by atoms with Crippen LogP contribution in [0.3, 0.4) is 0 Å². The summed E-state index contributed by atoms with van der Waals surface area (Å²) in [6.45, 7) is 4.06. The molecular formula is C12H19N3O4S2. The number of sulfonamides is 1. The monoisotopic (exact) mass is 333 g/mol. The predicted molar refractivity (Wildman–Crippen MR) is 81.7 cm³/mol. The lowest BCUT2D eigenvalue weighted by molar-refractivity contribution is -0.383. The molecule has 1 fully saturated rings. The Morgan fingerprint density at radius 1 is 1.48 bits per heavy atom. The van der Waals surface area contributed by atoms with E-state index in [2.05, 4.69) is 4.72 Å². The van der Waals surface area contributed by atoms with Crippen LogP contribution in [0.15, 0.2) is 10.3 Å². The van der Waals surface area contributed by atoms with Gasteiger partial charge in [0.15, 0.2) is 5.00 Å². The highest BCUT2D eigenvalue weighted by molar-refractivity contribution is 7.91. The molecule has 0 radical (unpaired) electrons. The van der Waals surface area contributed by atoms with Crippen molar-refractivity contribution in [3.63, 3.8) is 0 Å². The van der Waals surface area contributed by atoms with E-state index in [0.29, 0.717) is 0 Å². The van der Waals surface area contributed by atoms with Gasteiger partial charge in [0.05, 0.1) is 4.92 Å². The van der Waals surface area contributed by atoms with Crippen LogP contribution < -0.4 is 10.5 Å². The molecule has 0 saturated heterocycles. The number of hydrogen-bond acceptors (Lipinski definition) is 6. The van der Waals surface area contributed by atoms with Crippen molar-refractivity contribution < 1.29 is 13.3 Å². The molecule has 9 heteroatoms. The number of hydrogen-bond donors (Lipinski definition) is 2. The van der Waals surface area contributed by atoms with Crippen LogP contribution in [0.2, 0.25) is 0 Å². The molecule has 1 aromatic heterocycles. The smallest absolute Gasteiger partial charge is 0.304 e. The second-order valence-electron chi connectivity index (χ2n) is 5.98. The lowest BCUT2D eigenvalue weighted by Crippen LogP contribution is -2.46. The van der Waals surface area contributed by atoms with Crippen LogP contribution in [0.1, 0.15) is 39.5 Å². The molecule has 0 aromatic carbocycles. The maximum absolute atomic E-state index is 12.4. The molecule has 7 nitrogen and oxygen atoms in total. The number of rotatable bonds is 4. The molecule has 1 unspecified atom stereocenters. The standard InChI is InChI=1S/C12H19N3O4S2/c1-12(2)6-4-3-5-9(12)14-21(18,19)10-7-8(15(16)17)11(13)20-10/h7,9,14H,3-6,13H2,1-2H3. The fourth-order valence-electron chi connectivity index (χ4n) is 2.61. The number of anilines is 1. The van der Waals surface area contributed by atoms with Crippen molar-refractivity contribution in [2.24, 2.45) is 5.41 Å². The van der Waals surface area contributed by atoms with E-state index in [0.717, 1.165) is 43.1 Å². The van der Waals surface area contributed by atoms with Crippen molar-refractivity contribution in [1.82, 2.24) is 4.72 Å². The van der Waals surface area contributed by atoms with Crippen LogP contribution in [-0.4, -0.2) is 19.4 Å². The third-order valence-corrected chi connectivity index (χ3v) is 6.88. The molecule has 1 atom stereocenters. The van der Waals surface area contributed by atoms with Crippen molar-refractivity contribution in [1.29, 1.82) is 0 Å².